The second kappa shape index (κ2) is 6.02. The summed E-state index contributed by atoms with van der Waals surface area (Å²) in [4.78, 5) is 8.01. The van der Waals surface area contributed by atoms with Crippen molar-refractivity contribution in [2.75, 3.05) is 18.0 Å². The zero-order valence-corrected chi connectivity index (χ0v) is 12.5. The number of piperidine rings is 1. The third-order valence-corrected chi connectivity index (χ3v) is 5.17. The molecule has 1 fully saturated rings. The zero-order chi connectivity index (χ0) is 13.1. The molecule has 0 radical (unpaired) electrons. The molecule has 3 nitrogen and oxygen atoms in total. The Morgan fingerprint density at radius 1 is 1.44 bits per heavy atom. The van der Waals surface area contributed by atoms with Gasteiger partial charge in [0.2, 0.25) is 0 Å². The molecule has 0 spiro atoms. The number of hydrogen-bond acceptors (Lipinski definition) is 4. The Balaban J connectivity index is 1.99. The van der Waals surface area contributed by atoms with Gasteiger partial charge >= 0.3 is 0 Å². The fourth-order valence-electron chi connectivity index (χ4n) is 2.74. The van der Waals surface area contributed by atoms with Crippen molar-refractivity contribution in [1.82, 2.24) is 4.98 Å². The van der Waals surface area contributed by atoms with Gasteiger partial charge in [0.05, 0.1) is 16.7 Å². The molecular weight excluding hydrogens is 244 g/mol. The van der Waals surface area contributed by atoms with Crippen LogP contribution in [-0.4, -0.2) is 23.2 Å². The number of aliphatic hydroxyl groups excluding tert-OH is 1. The first-order valence-electron chi connectivity index (χ1n) is 7.02. The van der Waals surface area contributed by atoms with Crippen molar-refractivity contribution in [3.8, 4) is 0 Å². The van der Waals surface area contributed by atoms with Crippen molar-refractivity contribution < 1.29 is 5.11 Å². The number of aryl methyl sites for hydroxylation is 1. The SMILES string of the molecule is CCCC1CCN(c2nc(C)c(C(C)O)s2)CC1. The van der Waals surface area contributed by atoms with Crippen molar-refractivity contribution in [3.05, 3.63) is 10.6 Å². The Morgan fingerprint density at radius 2 is 2.11 bits per heavy atom. The molecule has 1 unspecified atom stereocenters. The van der Waals surface area contributed by atoms with Crippen LogP contribution in [0.3, 0.4) is 0 Å². The molecule has 2 rings (SSSR count). The minimum atomic E-state index is -0.395. The van der Waals surface area contributed by atoms with E-state index in [0.717, 1.165) is 34.7 Å². The van der Waals surface area contributed by atoms with Crippen LogP contribution < -0.4 is 4.90 Å². The van der Waals surface area contributed by atoms with E-state index < -0.39 is 6.10 Å². The Kier molecular flexibility index (Phi) is 4.62. The van der Waals surface area contributed by atoms with E-state index in [1.165, 1.54) is 25.7 Å². The molecule has 1 aliphatic heterocycles. The summed E-state index contributed by atoms with van der Waals surface area (Å²) < 4.78 is 0. The van der Waals surface area contributed by atoms with E-state index in [9.17, 15) is 5.11 Å². The van der Waals surface area contributed by atoms with Crippen LogP contribution in [0.15, 0.2) is 0 Å². The maximum Gasteiger partial charge on any atom is 0.185 e. The lowest BCUT2D eigenvalue weighted by atomic mass is 9.93. The highest BCUT2D eigenvalue weighted by molar-refractivity contribution is 7.15. The summed E-state index contributed by atoms with van der Waals surface area (Å²) in [5.74, 6) is 0.906. The molecule has 0 saturated carbocycles. The van der Waals surface area contributed by atoms with Gasteiger partial charge in [-0.1, -0.05) is 31.1 Å². The lowest BCUT2D eigenvalue weighted by Gasteiger charge is -2.31. The first-order valence-corrected chi connectivity index (χ1v) is 7.83. The predicted octanol–water partition coefficient (Wildman–Crippen LogP) is 3.52. The molecule has 1 aromatic heterocycles. The van der Waals surface area contributed by atoms with E-state index >= 15 is 0 Å². The number of anilines is 1. The summed E-state index contributed by atoms with van der Waals surface area (Å²) in [5, 5.41) is 10.8. The number of thiazole rings is 1. The van der Waals surface area contributed by atoms with Crippen molar-refractivity contribution in [1.29, 1.82) is 0 Å². The number of nitrogens with zero attached hydrogens (tertiary/aromatic N) is 2. The average Bonchev–Trinajstić information content (AvgIpc) is 2.73. The summed E-state index contributed by atoms with van der Waals surface area (Å²) in [5.41, 5.74) is 0.987. The van der Waals surface area contributed by atoms with E-state index in [0.29, 0.717) is 0 Å². The second-order valence-corrected chi connectivity index (χ2v) is 6.35. The molecule has 1 aliphatic rings. The first kappa shape index (κ1) is 13.8. The Morgan fingerprint density at radius 3 is 2.61 bits per heavy atom. The van der Waals surface area contributed by atoms with Crippen LogP contribution in [0.4, 0.5) is 5.13 Å². The Hall–Kier alpha value is -0.610. The highest BCUT2D eigenvalue weighted by Crippen LogP contribution is 2.33. The van der Waals surface area contributed by atoms with Crippen LogP contribution >= 0.6 is 11.3 Å². The highest BCUT2D eigenvalue weighted by atomic mass is 32.1. The molecular formula is C14H24N2OS. The van der Waals surface area contributed by atoms with E-state index in [1.807, 2.05) is 13.8 Å². The number of aromatic nitrogens is 1. The van der Waals surface area contributed by atoms with E-state index in [2.05, 4.69) is 16.8 Å². The minimum absolute atomic E-state index is 0.395. The average molecular weight is 268 g/mol. The molecule has 18 heavy (non-hydrogen) atoms. The first-order chi connectivity index (χ1) is 8.61. The topological polar surface area (TPSA) is 36.4 Å². The lowest BCUT2D eigenvalue weighted by Crippen LogP contribution is -2.33. The summed E-state index contributed by atoms with van der Waals surface area (Å²) in [7, 11) is 0. The quantitative estimate of drug-likeness (QED) is 0.907. The molecule has 0 aromatic carbocycles. The predicted molar refractivity (Wildman–Crippen MR) is 77.3 cm³/mol. The van der Waals surface area contributed by atoms with Gasteiger partial charge in [0.1, 0.15) is 0 Å². The number of rotatable bonds is 4. The molecule has 102 valence electrons. The van der Waals surface area contributed by atoms with Gasteiger partial charge in [-0.2, -0.15) is 0 Å². The van der Waals surface area contributed by atoms with E-state index in [1.54, 1.807) is 11.3 Å². The van der Waals surface area contributed by atoms with Gasteiger partial charge in [0.25, 0.3) is 0 Å². The smallest absolute Gasteiger partial charge is 0.185 e. The molecule has 1 aromatic rings. The second-order valence-electron chi connectivity index (χ2n) is 5.34. The number of aliphatic hydroxyl groups is 1. The summed E-state index contributed by atoms with van der Waals surface area (Å²) in [6.07, 6.45) is 4.85. The Bertz CT molecular complexity index is 381. The summed E-state index contributed by atoms with van der Waals surface area (Å²) in [6, 6.07) is 0. The fraction of sp³-hybridized carbons (Fsp3) is 0.786. The van der Waals surface area contributed by atoms with Crippen molar-refractivity contribution >= 4 is 16.5 Å². The molecule has 4 heteroatoms. The monoisotopic (exact) mass is 268 g/mol. The van der Waals surface area contributed by atoms with Gasteiger partial charge in [0, 0.05) is 13.1 Å². The van der Waals surface area contributed by atoms with Crippen molar-refractivity contribution in [3.63, 3.8) is 0 Å². The van der Waals surface area contributed by atoms with Gasteiger partial charge in [0.15, 0.2) is 5.13 Å². The molecule has 0 aliphatic carbocycles. The maximum atomic E-state index is 9.68. The lowest BCUT2D eigenvalue weighted by molar-refractivity contribution is 0.202. The van der Waals surface area contributed by atoms with Crippen LogP contribution in [0.1, 0.15) is 56.2 Å². The molecule has 1 N–H and O–H groups in total. The van der Waals surface area contributed by atoms with Gasteiger partial charge in [-0.25, -0.2) is 4.98 Å². The third-order valence-electron chi connectivity index (χ3n) is 3.78. The van der Waals surface area contributed by atoms with Crippen LogP contribution in [0, 0.1) is 12.8 Å². The van der Waals surface area contributed by atoms with Gasteiger partial charge in [-0.15, -0.1) is 0 Å². The zero-order valence-electron chi connectivity index (χ0n) is 11.6. The van der Waals surface area contributed by atoms with Gasteiger partial charge in [-0.3, -0.25) is 0 Å². The fourth-order valence-corrected chi connectivity index (χ4v) is 3.79. The molecule has 1 saturated heterocycles. The van der Waals surface area contributed by atoms with Crippen LogP contribution in [0.2, 0.25) is 0 Å². The number of hydrogen-bond donors (Lipinski definition) is 1. The highest BCUT2D eigenvalue weighted by Gasteiger charge is 2.22. The molecule has 2 heterocycles. The van der Waals surface area contributed by atoms with Crippen LogP contribution in [0.25, 0.3) is 0 Å². The third kappa shape index (κ3) is 3.04. The minimum Gasteiger partial charge on any atom is -0.388 e. The van der Waals surface area contributed by atoms with Crippen LogP contribution in [0.5, 0.6) is 0 Å². The van der Waals surface area contributed by atoms with Crippen LogP contribution in [-0.2, 0) is 0 Å². The maximum absolute atomic E-state index is 9.68. The van der Waals surface area contributed by atoms with Crippen molar-refractivity contribution in [2.45, 2.75) is 52.6 Å². The standard InChI is InChI=1S/C14H24N2OS/c1-4-5-12-6-8-16(9-7-12)14-15-10(2)13(18-14)11(3)17/h11-12,17H,4-9H2,1-3H3. The van der Waals surface area contributed by atoms with E-state index in [4.69, 9.17) is 0 Å². The summed E-state index contributed by atoms with van der Waals surface area (Å²) >= 11 is 1.65. The van der Waals surface area contributed by atoms with Gasteiger partial charge < -0.3 is 10.0 Å². The normalized spacial score (nSPS) is 19.2. The Labute approximate surface area is 114 Å². The summed E-state index contributed by atoms with van der Waals surface area (Å²) in [6.45, 7) is 8.32. The molecule has 1 atom stereocenters. The van der Waals surface area contributed by atoms with Crippen molar-refractivity contribution in [2.24, 2.45) is 5.92 Å². The van der Waals surface area contributed by atoms with E-state index in [-0.39, 0.29) is 0 Å². The molecule has 0 bridgehead atoms. The van der Waals surface area contributed by atoms with Gasteiger partial charge in [-0.05, 0) is 32.6 Å². The largest absolute Gasteiger partial charge is 0.388 e. The molecule has 0 amide bonds.